The van der Waals surface area contributed by atoms with Gasteiger partial charge in [0.1, 0.15) is 10.7 Å². The van der Waals surface area contributed by atoms with Crippen LogP contribution in [0.15, 0.2) is 29.6 Å². The summed E-state index contributed by atoms with van der Waals surface area (Å²) < 4.78 is 0. The first-order valence-corrected chi connectivity index (χ1v) is 8.32. The second kappa shape index (κ2) is 7.85. The van der Waals surface area contributed by atoms with Crippen molar-refractivity contribution in [1.29, 1.82) is 0 Å². The second-order valence-corrected chi connectivity index (χ2v) is 5.75. The Balaban J connectivity index is 2.23. The standard InChI is InChI=1S/C16H20N4O2S/c1-3-20(4-2)16(22)11-7-5-6-8-12(11)19-15(21)13-10-23-14(9-17)18-13/h5-8,10H,3-4,9,17H2,1-2H3,(H,19,21). The van der Waals surface area contributed by atoms with E-state index in [1.165, 1.54) is 11.3 Å². The molecule has 2 aromatic rings. The molecule has 2 amide bonds. The zero-order valence-electron chi connectivity index (χ0n) is 13.2. The zero-order valence-corrected chi connectivity index (χ0v) is 14.0. The van der Waals surface area contributed by atoms with Gasteiger partial charge in [-0.05, 0) is 26.0 Å². The smallest absolute Gasteiger partial charge is 0.275 e. The molecule has 0 unspecified atom stereocenters. The highest BCUT2D eigenvalue weighted by atomic mass is 32.1. The quantitative estimate of drug-likeness (QED) is 0.850. The molecule has 0 saturated carbocycles. The molecule has 1 heterocycles. The molecule has 0 saturated heterocycles. The van der Waals surface area contributed by atoms with E-state index in [0.29, 0.717) is 41.6 Å². The minimum absolute atomic E-state index is 0.105. The summed E-state index contributed by atoms with van der Waals surface area (Å²) in [6.45, 7) is 5.38. The van der Waals surface area contributed by atoms with Crippen molar-refractivity contribution in [3.8, 4) is 0 Å². The van der Waals surface area contributed by atoms with Crippen LogP contribution in [0.1, 0.15) is 39.7 Å². The molecule has 0 atom stereocenters. The molecular weight excluding hydrogens is 312 g/mol. The molecule has 23 heavy (non-hydrogen) atoms. The van der Waals surface area contributed by atoms with Crippen molar-refractivity contribution in [3.05, 3.63) is 45.9 Å². The number of carbonyl (C=O) groups excluding carboxylic acids is 2. The van der Waals surface area contributed by atoms with Crippen LogP contribution in [0.2, 0.25) is 0 Å². The largest absolute Gasteiger partial charge is 0.339 e. The Labute approximate surface area is 139 Å². The van der Waals surface area contributed by atoms with Crippen LogP contribution in [-0.4, -0.2) is 34.8 Å². The van der Waals surface area contributed by atoms with E-state index in [1.807, 2.05) is 13.8 Å². The first-order valence-electron chi connectivity index (χ1n) is 7.44. The third-order valence-corrected chi connectivity index (χ3v) is 4.29. The van der Waals surface area contributed by atoms with E-state index >= 15 is 0 Å². The zero-order chi connectivity index (χ0) is 16.8. The van der Waals surface area contributed by atoms with E-state index in [-0.39, 0.29) is 11.8 Å². The van der Waals surface area contributed by atoms with Gasteiger partial charge in [0.05, 0.1) is 11.3 Å². The summed E-state index contributed by atoms with van der Waals surface area (Å²) in [5.41, 5.74) is 6.77. The Bertz CT molecular complexity index is 695. The summed E-state index contributed by atoms with van der Waals surface area (Å²) in [5.74, 6) is -0.451. The van der Waals surface area contributed by atoms with Gasteiger partial charge in [-0.15, -0.1) is 11.3 Å². The molecule has 6 nitrogen and oxygen atoms in total. The van der Waals surface area contributed by atoms with Gasteiger partial charge in [-0.3, -0.25) is 9.59 Å². The highest BCUT2D eigenvalue weighted by Gasteiger charge is 2.18. The fraction of sp³-hybridized carbons (Fsp3) is 0.312. The van der Waals surface area contributed by atoms with Crippen LogP contribution in [0.3, 0.4) is 0 Å². The van der Waals surface area contributed by atoms with Crippen LogP contribution in [0.25, 0.3) is 0 Å². The van der Waals surface area contributed by atoms with Gasteiger partial charge in [-0.25, -0.2) is 4.98 Å². The summed E-state index contributed by atoms with van der Waals surface area (Å²) in [6.07, 6.45) is 0. The molecule has 7 heteroatoms. The molecule has 0 aliphatic carbocycles. The lowest BCUT2D eigenvalue weighted by atomic mass is 10.1. The van der Waals surface area contributed by atoms with Crippen LogP contribution in [-0.2, 0) is 6.54 Å². The maximum atomic E-state index is 12.5. The number of thiazole rings is 1. The molecule has 0 fully saturated rings. The Kier molecular flexibility index (Phi) is 5.84. The second-order valence-electron chi connectivity index (χ2n) is 4.81. The van der Waals surface area contributed by atoms with E-state index in [2.05, 4.69) is 10.3 Å². The number of benzene rings is 1. The summed E-state index contributed by atoms with van der Waals surface area (Å²) in [6, 6.07) is 6.98. The normalized spacial score (nSPS) is 10.4. The SMILES string of the molecule is CCN(CC)C(=O)c1ccccc1NC(=O)c1csc(CN)n1. The van der Waals surface area contributed by atoms with Crippen molar-refractivity contribution < 1.29 is 9.59 Å². The molecule has 1 aromatic carbocycles. The van der Waals surface area contributed by atoms with Gasteiger partial charge in [-0.1, -0.05) is 12.1 Å². The minimum atomic E-state index is -0.347. The van der Waals surface area contributed by atoms with Crippen LogP contribution in [0.4, 0.5) is 5.69 Å². The van der Waals surface area contributed by atoms with Crippen molar-refractivity contribution in [2.45, 2.75) is 20.4 Å². The molecule has 1 aromatic heterocycles. The number of para-hydroxylation sites is 1. The maximum absolute atomic E-state index is 12.5. The molecule has 0 bridgehead atoms. The molecule has 0 aliphatic rings. The van der Waals surface area contributed by atoms with Crippen molar-refractivity contribution >= 4 is 28.8 Å². The fourth-order valence-electron chi connectivity index (χ4n) is 2.16. The molecule has 3 N–H and O–H groups in total. The van der Waals surface area contributed by atoms with Crippen LogP contribution >= 0.6 is 11.3 Å². The van der Waals surface area contributed by atoms with Crippen molar-refractivity contribution in [1.82, 2.24) is 9.88 Å². The number of aromatic nitrogens is 1. The summed E-state index contributed by atoms with van der Waals surface area (Å²) in [4.78, 5) is 30.7. The first-order chi connectivity index (χ1) is 11.1. The number of nitrogens with one attached hydrogen (secondary N) is 1. The number of amides is 2. The average Bonchev–Trinajstić information content (AvgIpc) is 3.05. The predicted molar refractivity (Wildman–Crippen MR) is 91.7 cm³/mol. The third-order valence-electron chi connectivity index (χ3n) is 3.42. The van der Waals surface area contributed by atoms with E-state index < -0.39 is 0 Å². The number of rotatable bonds is 6. The molecule has 2 rings (SSSR count). The fourth-order valence-corrected chi connectivity index (χ4v) is 2.81. The Morgan fingerprint density at radius 3 is 2.57 bits per heavy atom. The summed E-state index contributed by atoms with van der Waals surface area (Å²) in [7, 11) is 0. The van der Waals surface area contributed by atoms with Crippen molar-refractivity contribution in [2.24, 2.45) is 5.73 Å². The number of anilines is 1. The van der Waals surface area contributed by atoms with Gasteiger partial charge in [0, 0.05) is 25.0 Å². The highest BCUT2D eigenvalue weighted by molar-refractivity contribution is 7.09. The van der Waals surface area contributed by atoms with E-state index in [4.69, 9.17) is 5.73 Å². The van der Waals surface area contributed by atoms with E-state index in [0.717, 1.165) is 0 Å². The van der Waals surface area contributed by atoms with Gasteiger partial charge in [0.15, 0.2) is 0 Å². The lowest BCUT2D eigenvalue weighted by Crippen LogP contribution is -2.31. The van der Waals surface area contributed by atoms with E-state index in [1.54, 1.807) is 34.5 Å². The maximum Gasteiger partial charge on any atom is 0.275 e. The number of hydrogen-bond donors (Lipinski definition) is 2. The Morgan fingerprint density at radius 1 is 1.26 bits per heavy atom. The molecule has 0 aliphatic heterocycles. The Morgan fingerprint density at radius 2 is 1.96 bits per heavy atom. The lowest BCUT2D eigenvalue weighted by molar-refractivity contribution is 0.0774. The monoisotopic (exact) mass is 332 g/mol. The van der Waals surface area contributed by atoms with Gasteiger partial charge >= 0.3 is 0 Å². The summed E-state index contributed by atoms with van der Waals surface area (Å²) >= 11 is 1.34. The minimum Gasteiger partial charge on any atom is -0.339 e. The van der Waals surface area contributed by atoms with Crippen LogP contribution in [0, 0.1) is 0 Å². The molecule has 0 radical (unpaired) electrons. The van der Waals surface area contributed by atoms with Gasteiger partial charge in [-0.2, -0.15) is 0 Å². The number of hydrogen-bond acceptors (Lipinski definition) is 5. The third kappa shape index (κ3) is 3.94. The Hall–Kier alpha value is -2.25. The predicted octanol–water partition coefficient (Wildman–Crippen LogP) is 2.34. The van der Waals surface area contributed by atoms with E-state index in [9.17, 15) is 9.59 Å². The number of carbonyl (C=O) groups is 2. The average molecular weight is 332 g/mol. The van der Waals surface area contributed by atoms with Crippen LogP contribution in [0.5, 0.6) is 0 Å². The van der Waals surface area contributed by atoms with Gasteiger partial charge in [0.2, 0.25) is 0 Å². The van der Waals surface area contributed by atoms with Gasteiger partial charge < -0.3 is 16.0 Å². The highest BCUT2D eigenvalue weighted by Crippen LogP contribution is 2.19. The first kappa shape index (κ1) is 17.1. The number of nitrogens with two attached hydrogens (primary N) is 1. The molecular formula is C16H20N4O2S. The van der Waals surface area contributed by atoms with Crippen molar-refractivity contribution in [3.63, 3.8) is 0 Å². The molecule has 0 spiro atoms. The molecule has 122 valence electrons. The number of nitrogens with zero attached hydrogens (tertiary/aromatic N) is 2. The lowest BCUT2D eigenvalue weighted by Gasteiger charge is -2.20. The van der Waals surface area contributed by atoms with Crippen molar-refractivity contribution in [2.75, 3.05) is 18.4 Å². The van der Waals surface area contributed by atoms with Crippen LogP contribution < -0.4 is 11.1 Å². The summed E-state index contributed by atoms with van der Waals surface area (Å²) in [5, 5.41) is 5.12. The topological polar surface area (TPSA) is 88.3 Å². The van der Waals surface area contributed by atoms with Gasteiger partial charge in [0.25, 0.3) is 11.8 Å².